The van der Waals surface area contributed by atoms with Gasteiger partial charge in [0.15, 0.2) is 11.9 Å². The van der Waals surface area contributed by atoms with Gasteiger partial charge < -0.3 is 13.7 Å². The quantitative estimate of drug-likeness (QED) is 0.130. The van der Waals surface area contributed by atoms with Gasteiger partial charge in [-0.1, -0.05) is 104 Å². The SMILES string of the molecule is CCc1c2c(n3ccccc13)C(=O)C(C(OC(C)=O)c1ncn(C(c3ccccc3)(c3ccccc3)c3ccccc3)c1C)CC2. The molecule has 3 aromatic carbocycles. The third-order valence-electron chi connectivity index (χ3n) is 9.60. The zero-order valence-corrected chi connectivity index (χ0v) is 26.4. The minimum absolute atomic E-state index is 0.0113. The summed E-state index contributed by atoms with van der Waals surface area (Å²) in [5.41, 5.74) is 7.92. The number of benzene rings is 3. The molecule has 2 atom stereocenters. The molecule has 0 spiro atoms. The van der Waals surface area contributed by atoms with E-state index in [-0.39, 0.29) is 5.78 Å². The molecule has 3 aromatic heterocycles. The van der Waals surface area contributed by atoms with Crippen LogP contribution in [0, 0.1) is 12.8 Å². The summed E-state index contributed by atoms with van der Waals surface area (Å²) in [5, 5.41) is 0. The predicted molar refractivity (Wildman–Crippen MR) is 179 cm³/mol. The van der Waals surface area contributed by atoms with E-state index in [0.717, 1.165) is 46.3 Å². The van der Waals surface area contributed by atoms with E-state index in [4.69, 9.17) is 9.72 Å². The minimum atomic E-state index is -0.834. The fourth-order valence-electron chi connectivity index (χ4n) is 7.66. The van der Waals surface area contributed by atoms with E-state index in [1.54, 1.807) is 0 Å². The van der Waals surface area contributed by atoms with Crippen molar-refractivity contribution in [1.82, 2.24) is 14.0 Å². The maximum atomic E-state index is 14.5. The highest BCUT2D eigenvalue weighted by atomic mass is 16.5. The normalized spacial score (nSPS) is 15.5. The maximum Gasteiger partial charge on any atom is 0.303 e. The van der Waals surface area contributed by atoms with Crippen molar-refractivity contribution in [3.05, 3.63) is 167 Å². The smallest absolute Gasteiger partial charge is 0.303 e. The molecule has 2 unspecified atom stereocenters. The molecule has 3 heterocycles. The summed E-state index contributed by atoms with van der Waals surface area (Å²) in [6, 6.07) is 37.2. The van der Waals surface area contributed by atoms with Gasteiger partial charge in [0, 0.05) is 24.3 Å². The number of Topliss-reactive ketones (excluding diaryl/α,β-unsaturated/α-hetero) is 1. The highest BCUT2D eigenvalue weighted by Crippen LogP contribution is 2.45. The first-order valence-electron chi connectivity index (χ1n) is 16.0. The lowest BCUT2D eigenvalue weighted by molar-refractivity contribution is -0.149. The van der Waals surface area contributed by atoms with E-state index >= 15 is 0 Å². The molecule has 0 saturated carbocycles. The van der Waals surface area contributed by atoms with Crippen LogP contribution in [0.25, 0.3) is 5.52 Å². The van der Waals surface area contributed by atoms with Crippen molar-refractivity contribution in [1.29, 1.82) is 0 Å². The molecule has 0 aliphatic heterocycles. The fraction of sp³-hybridized carbons (Fsp3) is 0.225. The Bertz CT molecular complexity index is 1930. The number of fused-ring (bicyclic) bond motifs is 3. The minimum Gasteiger partial charge on any atom is -0.455 e. The number of hydrogen-bond donors (Lipinski definition) is 0. The summed E-state index contributed by atoms with van der Waals surface area (Å²) in [7, 11) is 0. The van der Waals surface area contributed by atoms with Gasteiger partial charge in [0.05, 0.1) is 17.9 Å². The van der Waals surface area contributed by atoms with Crippen LogP contribution in [0.3, 0.4) is 0 Å². The van der Waals surface area contributed by atoms with E-state index in [1.165, 1.54) is 12.5 Å². The van der Waals surface area contributed by atoms with Gasteiger partial charge >= 0.3 is 5.97 Å². The molecule has 0 amide bonds. The molecule has 230 valence electrons. The van der Waals surface area contributed by atoms with E-state index in [9.17, 15) is 9.59 Å². The summed E-state index contributed by atoms with van der Waals surface area (Å²) >= 11 is 0. The van der Waals surface area contributed by atoms with Crippen molar-refractivity contribution >= 4 is 17.3 Å². The number of carbonyl (C=O) groups excluding carboxylic acids is 2. The number of aryl methyl sites for hydroxylation is 1. The Balaban J connectivity index is 1.42. The number of aromatic nitrogens is 3. The highest BCUT2D eigenvalue weighted by molar-refractivity contribution is 6.01. The first-order chi connectivity index (χ1) is 22.5. The Labute approximate surface area is 269 Å². The van der Waals surface area contributed by atoms with E-state index in [1.807, 2.05) is 54.2 Å². The summed E-state index contributed by atoms with van der Waals surface area (Å²) in [4.78, 5) is 32.2. The second kappa shape index (κ2) is 11.9. The van der Waals surface area contributed by atoms with E-state index in [0.29, 0.717) is 17.8 Å². The molecule has 0 bridgehead atoms. The number of hydrogen-bond acceptors (Lipinski definition) is 4. The number of carbonyl (C=O) groups is 2. The molecule has 0 fully saturated rings. The number of esters is 1. The lowest BCUT2D eigenvalue weighted by atomic mass is 9.76. The zero-order valence-electron chi connectivity index (χ0n) is 26.4. The van der Waals surface area contributed by atoms with Crippen LogP contribution in [-0.2, 0) is 27.9 Å². The standard InChI is InChI=1S/C40H37N3O3/c1-4-32-33-23-24-34(38(45)37(33)42-25-15-14-22-35(32)42)39(46-28(3)44)36-27(2)43(26-41-36)40(29-16-8-5-9-17-29,30-18-10-6-11-19-30)31-20-12-7-13-21-31/h5-22,25-26,34,39H,4,23-24H2,1-3H3. The molecule has 6 heteroatoms. The van der Waals surface area contributed by atoms with Crippen LogP contribution in [0.15, 0.2) is 122 Å². The van der Waals surface area contributed by atoms with E-state index in [2.05, 4.69) is 90.4 Å². The first kappa shape index (κ1) is 29.5. The third kappa shape index (κ3) is 4.59. The molecule has 0 saturated heterocycles. The third-order valence-corrected chi connectivity index (χ3v) is 9.60. The van der Waals surface area contributed by atoms with Gasteiger partial charge in [-0.15, -0.1) is 0 Å². The number of imidazole rings is 1. The second-order valence-electron chi connectivity index (χ2n) is 12.0. The lowest BCUT2D eigenvalue weighted by Gasteiger charge is -2.38. The Morgan fingerprint density at radius 2 is 1.46 bits per heavy atom. The molecule has 46 heavy (non-hydrogen) atoms. The van der Waals surface area contributed by atoms with Crippen LogP contribution < -0.4 is 0 Å². The van der Waals surface area contributed by atoms with Crippen molar-refractivity contribution in [3.8, 4) is 0 Å². The number of pyridine rings is 1. The van der Waals surface area contributed by atoms with Crippen molar-refractivity contribution in [2.75, 3.05) is 0 Å². The molecule has 1 aliphatic rings. The van der Waals surface area contributed by atoms with Crippen LogP contribution in [0.2, 0.25) is 0 Å². The Morgan fingerprint density at radius 1 is 0.891 bits per heavy atom. The second-order valence-corrected chi connectivity index (χ2v) is 12.0. The van der Waals surface area contributed by atoms with Crippen molar-refractivity contribution < 1.29 is 14.3 Å². The molecule has 6 nitrogen and oxygen atoms in total. The summed E-state index contributed by atoms with van der Waals surface area (Å²) in [5.74, 6) is -1.02. The van der Waals surface area contributed by atoms with Crippen molar-refractivity contribution in [2.45, 2.75) is 51.7 Å². The van der Waals surface area contributed by atoms with Gasteiger partial charge in [0.2, 0.25) is 0 Å². The molecule has 0 N–H and O–H groups in total. The van der Waals surface area contributed by atoms with Crippen LogP contribution in [0.4, 0.5) is 0 Å². The van der Waals surface area contributed by atoms with Gasteiger partial charge in [-0.3, -0.25) is 9.59 Å². The van der Waals surface area contributed by atoms with Gasteiger partial charge in [-0.2, -0.15) is 0 Å². The number of ether oxygens (including phenoxy) is 1. The Hall–Kier alpha value is -5.23. The molecular formula is C40H37N3O3. The van der Waals surface area contributed by atoms with Gasteiger partial charge in [0.1, 0.15) is 11.2 Å². The van der Waals surface area contributed by atoms with Crippen LogP contribution in [0.5, 0.6) is 0 Å². The molecule has 1 aliphatic carbocycles. The Kier molecular flexibility index (Phi) is 7.65. The van der Waals surface area contributed by atoms with Crippen LogP contribution in [-0.4, -0.2) is 25.7 Å². The Morgan fingerprint density at radius 3 is 2.00 bits per heavy atom. The summed E-state index contributed by atoms with van der Waals surface area (Å²) in [6.07, 6.45) is 5.12. The molecule has 6 aromatic rings. The van der Waals surface area contributed by atoms with Crippen molar-refractivity contribution in [3.63, 3.8) is 0 Å². The summed E-state index contributed by atoms with van der Waals surface area (Å²) < 4.78 is 10.3. The predicted octanol–water partition coefficient (Wildman–Crippen LogP) is 7.90. The molecule has 7 rings (SSSR count). The number of nitrogens with zero attached hydrogens (tertiary/aromatic N) is 3. The number of rotatable bonds is 8. The van der Waals surface area contributed by atoms with Gasteiger partial charge in [-0.05, 0) is 66.1 Å². The van der Waals surface area contributed by atoms with Crippen LogP contribution >= 0.6 is 0 Å². The largest absolute Gasteiger partial charge is 0.455 e. The fourth-order valence-corrected chi connectivity index (χ4v) is 7.66. The monoisotopic (exact) mass is 607 g/mol. The first-order valence-corrected chi connectivity index (χ1v) is 16.0. The highest BCUT2D eigenvalue weighted by Gasteiger charge is 2.44. The molecular weight excluding hydrogens is 570 g/mol. The zero-order chi connectivity index (χ0) is 31.8. The summed E-state index contributed by atoms with van der Waals surface area (Å²) in [6.45, 7) is 5.56. The maximum absolute atomic E-state index is 14.5. The average Bonchev–Trinajstić information content (AvgIpc) is 3.64. The topological polar surface area (TPSA) is 65.6 Å². The van der Waals surface area contributed by atoms with Crippen LogP contribution in [0.1, 0.15) is 76.1 Å². The van der Waals surface area contributed by atoms with Gasteiger partial charge in [-0.25, -0.2) is 4.98 Å². The van der Waals surface area contributed by atoms with E-state index < -0.39 is 23.5 Å². The molecule has 0 radical (unpaired) electrons. The van der Waals surface area contributed by atoms with Crippen molar-refractivity contribution in [2.24, 2.45) is 5.92 Å². The average molecular weight is 608 g/mol. The lowest BCUT2D eigenvalue weighted by Crippen LogP contribution is -2.38. The van der Waals surface area contributed by atoms with Gasteiger partial charge in [0.25, 0.3) is 0 Å². The number of ketones is 1.